The molecule has 0 aliphatic carbocycles. The highest BCUT2D eigenvalue weighted by Crippen LogP contribution is 2.21. The smallest absolute Gasteiger partial charge is 0.275 e. The molecule has 1 saturated heterocycles. The number of nitrogens with one attached hydrogen (secondary N) is 1. The van der Waals surface area contributed by atoms with Crippen LogP contribution in [0.4, 0.5) is 0 Å². The van der Waals surface area contributed by atoms with Gasteiger partial charge in [0.25, 0.3) is 11.5 Å². The van der Waals surface area contributed by atoms with E-state index < -0.39 is 10.0 Å². The Balaban J connectivity index is 1.36. The maximum atomic E-state index is 13.0. The monoisotopic (exact) mass is 503 g/mol. The summed E-state index contributed by atoms with van der Waals surface area (Å²) in [7, 11) is -3.54. The Morgan fingerprint density at radius 3 is 2.31 bits per heavy atom. The molecule has 9 nitrogen and oxygen atoms in total. The summed E-state index contributed by atoms with van der Waals surface area (Å²) in [6, 6.07) is 18.5. The molecule has 0 unspecified atom stereocenters. The van der Waals surface area contributed by atoms with Crippen LogP contribution in [0.2, 0.25) is 0 Å². The quantitative estimate of drug-likeness (QED) is 0.415. The van der Waals surface area contributed by atoms with Crippen molar-refractivity contribution >= 4 is 26.7 Å². The molecule has 0 saturated carbocycles. The van der Waals surface area contributed by atoms with Gasteiger partial charge in [-0.25, -0.2) is 13.1 Å². The molecule has 1 fully saturated rings. The molecule has 10 heteroatoms. The number of benzene rings is 2. The van der Waals surface area contributed by atoms with E-state index in [4.69, 9.17) is 0 Å². The Morgan fingerprint density at radius 1 is 0.917 bits per heavy atom. The number of amides is 1. The maximum absolute atomic E-state index is 13.0. The average Bonchev–Trinajstić information content (AvgIpc) is 3.46. The molecule has 1 amide bonds. The summed E-state index contributed by atoms with van der Waals surface area (Å²) in [5.74, 6) is -0.367. The van der Waals surface area contributed by atoms with Gasteiger partial charge < -0.3 is 5.32 Å². The van der Waals surface area contributed by atoms with Gasteiger partial charge in [-0.3, -0.25) is 14.6 Å². The van der Waals surface area contributed by atoms with Gasteiger partial charge in [-0.05, 0) is 55.3 Å². The van der Waals surface area contributed by atoms with Gasteiger partial charge in [-0.2, -0.15) is 9.40 Å². The Hall–Kier alpha value is -3.89. The van der Waals surface area contributed by atoms with E-state index in [1.165, 1.54) is 33.3 Å². The molecule has 1 N–H and O–H groups in total. The number of nitrogens with zero attached hydrogens (tertiary/aromatic N) is 4. The number of pyridine rings is 1. The second-order valence-electron chi connectivity index (χ2n) is 8.59. The lowest BCUT2D eigenvalue weighted by molar-refractivity contribution is 0.0950. The molecule has 0 radical (unpaired) electrons. The van der Waals surface area contributed by atoms with E-state index in [2.05, 4.69) is 15.4 Å². The van der Waals surface area contributed by atoms with Crippen LogP contribution in [0, 0.1) is 0 Å². The number of fused-ring (bicyclic) bond motifs is 1. The number of carbonyl (C=O) groups is 1. The summed E-state index contributed by atoms with van der Waals surface area (Å²) in [6.07, 6.45) is 3.37. The molecule has 184 valence electrons. The predicted molar refractivity (Wildman–Crippen MR) is 135 cm³/mol. The van der Waals surface area contributed by atoms with Crippen molar-refractivity contribution in [3.8, 4) is 0 Å². The van der Waals surface area contributed by atoms with E-state index in [9.17, 15) is 18.0 Å². The second-order valence-corrected chi connectivity index (χ2v) is 10.5. The van der Waals surface area contributed by atoms with Crippen molar-refractivity contribution in [2.45, 2.75) is 30.8 Å². The minimum Gasteiger partial charge on any atom is -0.346 e. The van der Waals surface area contributed by atoms with Gasteiger partial charge in [0, 0.05) is 30.2 Å². The van der Waals surface area contributed by atoms with Crippen molar-refractivity contribution in [3.05, 3.63) is 100 Å². The van der Waals surface area contributed by atoms with Gasteiger partial charge in [0.2, 0.25) is 10.0 Å². The van der Waals surface area contributed by atoms with Crippen molar-refractivity contribution < 1.29 is 13.2 Å². The standard InChI is InChI=1S/C26H25N5O4S/c32-25(19-10-12-21(13-11-19)36(34,35)30-15-5-6-16-30)28-17-24-22-8-1-2-9-23(22)26(33)31(29-24)18-20-7-3-4-14-27-20/h1-4,7-14H,5-6,15-18H2,(H,28,32). The van der Waals surface area contributed by atoms with E-state index in [0.29, 0.717) is 40.8 Å². The first-order valence-electron chi connectivity index (χ1n) is 11.7. The van der Waals surface area contributed by atoms with Crippen LogP contribution < -0.4 is 10.9 Å². The topological polar surface area (TPSA) is 114 Å². The molecule has 0 bridgehead atoms. The minimum atomic E-state index is -3.54. The fraction of sp³-hybridized carbons (Fsp3) is 0.231. The van der Waals surface area contributed by atoms with Crippen molar-refractivity contribution in [1.82, 2.24) is 24.4 Å². The van der Waals surface area contributed by atoms with E-state index in [-0.39, 0.29) is 29.5 Å². The van der Waals surface area contributed by atoms with Gasteiger partial charge in [-0.15, -0.1) is 0 Å². The van der Waals surface area contributed by atoms with Crippen molar-refractivity contribution in [3.63, 3.8) is 0 Å². The van der Waals surface area contributed by atoms with Crippen LogP contribution in [0.25, 0.3) is 10.8 Å². The third kappa shape index (κ3) is 4.77. The Kier molecular flexibility index (Phi) is 6.62. The molecule has 2 aromatic carbocycles. The van der Waals surface area contributed by atoms with Crippen LogP contribution >= 0.6 is 0 Å². The first kappa shape index (κ1) is 23.8. The lowest BCUT2D eigenvalue weighted by atomic mass is 10.1. The summed E-state index contributed by atoms with van der Waals surface area (Å²) in [5.41, 5.74) is 1.34. The molecule has 1 aliphatic heterocycles. The van der Waals surface area contributed by atoms with Crippen LogP contribution in [0.15, 0.2) is 82.6 Å². The summed E-state index contributed by atoms with van der Waals surface area (Å²) < 4.78 is 28.3. The number of carbonyl (C=O) groups excluding carboxylic acids is 1. The van der Waals surface area contributed by atoms with Gasteiger partial charge >= 0.3 is 0 Å². The van der Waals surface area contributed by atoms with Crippen LogP contribution in [0.1, 0.15) is 34.6 Å². The largest absolute Gasteiger partial charge is 0.346 e. The normalized spacial score (nSPS) is 14.2. The Labute approximate surface area is 208 Å². The summed E-state index contributed by atoms with van der Waals surface area (Å²) in [6.45, 7) is 1.34. The third-order valence-electron chi connectivity index (χ3n) is 6.22. The highest BCUT2D eigenvalue weighted by Gasteiger charge is 2.27. The molecular weight excluding hydrogens is 478 g/mol. The average molecular weight is 504 g/mol. The summed E-state index contributed by atoms with van der Waals surface area (Å²) >= 11 is 0. The van der Waals surface area contributed by atoms with Gasteiger partial charge in [0.15, 0.2) is 0 Å². The second kappa shape index (κ2) is 10.00. The zero-order chi connectivity index (χ0) is 25.1. The Morgan fingerprint density at radius 2 is 1.61 bits per heavy atom. The van der Waals surface area contributed by atoms with Crippen molar-refractivity contribution in [2.24, 2.45) is 0 Å². The van der Waals surface area contributed by atoms with Gasteiger partial charge in [-0.1, -0.05) is 24.3 Å². The van der Waals surface area contributed by atoms with Crippen LogP contribution in [-0.4, -0.2) is 46.5 Å². The number of hydrogen-bond acceptors (Lipinski definition) is 6. The molecule has 5 rings (SSSR count). The van der Waals surface area contributed by atoms with Crippen LogP contribution in [0.5, 0.6) is 0 Å². The van der Waals surface area contributed by atoms with Crippen LogP contribution in [0.3, 0.4) is 0 Å². The predicted octanol–water partition coefficient (Wildman–Crippen LogP) is 2.55. The highest BCUT2D eigenvalue weighted by molar-refractivity contribution is 7.89. The molecule has 2 aromatic heterocycles. The molecule has 3 heterocycles. The lowest BCUT2D eigenvalue weighted by Gasteiger charge is -2.15. The SMILES string of the molecule is O=C(NCc1nn(Cc2ccccn2)c(=O)c2ccccc12)c1ccc(S(=O)(=O)N2CCCC2)cc1. The van der Waals surface area contributed by atoms with E-state index >= 15 is 0 Å². The minimum absolute atomic E-state index is 0.0929. The third-order valence-corrected chi connectivity index (χ3v) is 8.13. The zero-order valence-corrected chi connectivity index (χ0v) is 20.3. The molecule has 36 heavy (non-hydrogen) atoms. The summed E-state index contributed by atoms with van der Waals surface area (Å²) in [4.78, 5) is 30.3. The fourth-order valence-corrected chi connectivity index (χ4v) is 5.83. The van der Waals surface area contributed by atoms with Gasteiger partial charge in [0.05, 0.1) is 34.8 Å². The van der Waals surface area contributed by atoms with Gasteiger partial charge in [0.1, 0.15) is 0 Å². The van der Waals surface area contributed by atoms with Crippen molar-refractivity contribution in [1.29, 1.82) is 0 Å². The number of sulfonamides is 1. The van der Waals surface area contributed by atoms with Crippen molar-refractivity contribution in [2.75, 3.05) is 13.1 Å². The lowest BCUT2D eigenvalue weighted by Crippen LogP contribution is -2.29. The molecule has 1 aliphatic rings. The zero-order valence-electron chi connectivity index (χ0n) is 19.5. The number of aromatic nitrogens is 3. The molecular formula is C26H25N5O4S. The van der Waals surface area contributed by atoms with E-state index in [0.717, 1.165) is 12.8 Å². The number of hydrogen-bond donors (Lipinski definition) is 1. The van der Waals surface area contributed by atoms with Crippen LogP contribution in [-0.2, 0) is 23.1 Å². The summed E-state index contributed by atoms with van der Waals surface area (Å²) in [5, 5.41) is 8.52. The van der Waals surface area contributed by atoms with E-state index in [1.54, 1.807) is 30.5 Å². The molecule has 4 aromatic rings. The molecule has 0 atom stereocenters. The Bertz CT molecular complexity index is 1560. The molecule has 0 spiro atoms. The first-order chi connectivity index (χ1) is 17.4. The van der Waals surface area contributed by atoms with E-state index in [1.807, 2.05) is 18.2 Å². The first-order valence-corrected chi connectivity index (χ1v) is 13.1. The maximum Gasteiger partial charge on any atom is 0.275 e. The number of rotatable bonds is 7. The highest BCUT2D eigenvalue weighted by atomic mass is 32.2. The fourth-order valence-electron chi connectivity index (χ4n) is 4.31.